The molecule has 2 aromatic carbocycles. The SMILES string of the molecule is CNC(=O)c1ccc(NCC#Cc2cc(C(=O)N[C@H]3CCN(C)C[C@@H]3C)c3ncn(CC(F)(F)F)c3c2)c(OCC(F)(F)F)c1. The molecule has 2 atom stereocenters. The van der Waals surface area contributed by atoms with Crippen LogP contribution in [0.4, 0.5) is 32.0 Å². The van der Waals surface area contributed by atoms with Crippen molar-refractivity contribution in [3.05, 3.63) is 53.3 Å². The molecular weight excluding hydrogens is 606 g/mol. The van der Waals surface area contributed by atoms with Crippen LogP contribution >= 0.6 is 0 Å². The van der Waals surface area contributed by atoms with Gasteiger partial charge in [0.2, 0.25) is 0 Å². The van der Waals surface area contributed by atoms with Gasteiger partial charge in [-0.25, -0.2) is 4.98 Å². The van der Waals surface area contributed by atoms with Crippen LogP contribution in [0, 0.1) is 17.8 Å². The van der Waals surface area contributed by atoms with E-state index in [2.05, 4.69) is 37.7 Å². The zero-order valence-corrected chi connectivity index (χ0v) is 24.7. The molecule has 1 aliphatic heterocycles. The predicted molar refractivity (Wildman–Crippen MR) is 155 cm³/mol. The number of hydrogen-bond acceptors (Lipinski definition) is 6. The number of ether oxygens (including phenoxy) is 1. The first-order valence-electron chi connectivity index (χ1n) is 14.0. The Hall–Kier alpha value is -4.45. The molecule has 3 N–H and O–H groups in total. The molecule has 1 fully saturated rings. The van der Waals surface area contributed by atoms with Crippen LogP contribution in [0.2, 0.25) is 0 Å². The van der Waals surface area contributed by atoms with Gasteiger partial charge in [-0.15, -0.1) is 0 Å². The van der Waals surface area contributed by atoms with Crippen molar-refractivity contribution < 1.29 is 40.7 Å². The average molecular weight is 639 g/mol. The maximum Gasteiger partial charge on any atom is 0.422 e. The summed E-state index contributed by atoms with van der Waals surface area (Å²) in [6.07, 6.45) is -7.42. The molecule has 2 heterocycles. The van der Waals surface area contributed by atoms with Crippen LogP contribution in [0.15, 0.2) is 36.7 Å². The number of likely N-dealkylation sites (tertiary alicyclic amines) is 1. The molecular formula is C30H32F6N6O3. The van der Waals surface area contributed by atoms with Gasteiger partial charge in [0.05, 0.1) is 29.6 Å². The number of carbonyl (C=O) groups is 2. The molecule has 4 rings (SSSR count). The highest BCUT2D eigenvalue weighted by atomic mass is 19.4. The van der Waals surface area contributed by atoms with Crippen LogP contribution in [0.5, 0.6) is 5.75 Å². The smallest absolute Gasteiger partial charge is 0.422 e. The maximum atomic E-state index is 13.4. The number of fused-ring (bicyclic) bond motifs is 1. The van der Waals surface area contributed by atoms with Crippen LogP contribution < -0.4 is 20.7 Å². The highest BCUT2D eigenvalue weighted by molar-refractivity contribution is 6.05. The van der Waals surface area contributed by atoms with Gasteiger partial charge >= 0.3 is 12.4 Å². The lowest BCUT2D eigenvalue weighted by molar-refractivity contribution is -0.153. The van der Waals surface area contributed by atoms with E-state index in [4.69, 9.17) is 4.74 Å². The van der Waals surface area contributed by atoms with E-state index >= 15 is 0 Å². The number of alkyl halides is 6. The normalized spacial score (nSPS) is 17.4. The first kappa shape index (κ1) is 33.4. The molecule has 15 heteroatoms. The van der Waals surface area contributed by atoms with Crippen LogP contribution in [0.3, 0.4) is 0 Å². The number of carbonyl (C=O) groups excluding carboxylic acids is 2. The topological polar surface area (TPSA) is 101 Å². The number of nitrogens with zero attached hydrogens (tertiary/aromatic N) is 3. The summed E-state index contributed by atoms with van der Waals surface area (Å²) in [4.78, 5) is 31.6. The van der Waals surface area contributed by atoms with Crippen molar-refractivity contribution >= 4 is 28.5 Å². The Labute approximate surface area is 255 Å². The van der Waals surface area contributed by atoms with Crippen molar-refractivity contribution in [2.45, 2.75) is 38.3 Å². The van der Waals surface area contributed by atoms with Crippen molar-refractivity contribution in [1.29, 1.82) is 0 Å². The van der Waals surface area contributed by atoms with E-state index in [0.29, 0.717) is 6.42 Å². The Balaban J connectivity index is 1.60. The highest BCUT2D eigenvalue weighted by Crippen LogP contribution is 2.29. The number of hydrogen-bond donors (Lipinski definition) is 3. The number of nitrogens with one attached hydrogen (secondary N) is 3. The van der Waals surface area contributed by atoms with Crippen molar-refractivity contribution in [3.63, 3.8) is 0 Å². The van der Waals surface area contributed by atoms with E-state index in [1.165, 1.54) is 31.3 Å². The van der Waals surface area contributed by atoms with Gasteiger partial charge in [-0.3, -0.25) is 9.59 Å². The number of aromatic nitrogens is 2. The third-order valence-electron chi connectivity index (χ3n) is 7.21. The number of amides is 2. The molecule has 0 aliphatic carbocycles. The number of anilines is 1. The molecule has 242 valence electrons. The summed E-state index contributed by atoms with van der Waals surface area (Å²) in [6, 6.07) is 6.62. The van der Waals surface area contributed by atoms with Crippen LogP contribution in [0.1, 0.15) is 39.6 Å². The molecule has 1 aliphatic rings. The average Bonchev–Trinajstić information content (AvgIpc) is 3.35. The first-order valence-corrected chi connectivity index (χ1v) is 14.0. The summed E-state index contributed by atoms with van der Waals surface area (Å²) in [6.45, 7) is 0.543. The predicted octanol–water partition coefficient (Wildman–Crippen LogP) is 4.43. The van der Waals surface area contributed by atoms with E-state index in [1.807, 2.05) is 14.0 Å². The third-order valence-corrected chi connectivity index (χ3v) is 7.21. The van der Waals surface area contributed by atoms with Gasteiger partial charge in [0.15, 0.2) is 6.61 Å². The van der Waals surface area contributed by atoms with Crippen molar-refractivity contribution in [2.24, 2.45) is 5.92 Å². The number of rotatable bonds is 8. The van der Waals surface area contributed by atoms with Crippen molar-refractivity contribution in [2.75, 3.05) is 45.7 Å². The van der Waals surface area contributed by atoms with E-state index in [-0.39, 0.29) is 57.7 Å². The lowest BCUT2D eigenvalue weighted by atomic mass is 9.93. The molecule has 0 spiro atoms. The summed E-state index contributed by atoms with van der Waals surface area (Å²) in [7, 11) is 3.36. The van der Waals surface area contributed by atoms with Crippen LogP contribution in [-0.2, 0) is 6.54 Å². The monoisotopic (exact) mass is 638 g/mol. The fraction of sp³-hybridized carbons (Fsp3) is 0.433. The maximum absolute atomic E-state index is 13.4. The minimum absolute atomic E-state index is 0.0706. The van der Waals surface area contributed by atoms with Crippen LogP contribution in [0.25, 0.3) is 11.0 Å². The Morgan fingerprint density at radius 2 is 1.84 bits per heavy atom. The molecule has 2 amide bonds. The molecule has 0 saturated carbocycles. The van der Waals surface area contributed by atoms with E-state index in [1.54, 1.807) is 0 Å². The van der Waals surface area contributed by atoms with Gasteiger partial charge < -0.3 is 30.2 Å². The summed E-state index contributed by atoms with van der Waals surface area (Å²) in [5.41, 5.74) is 0.690. The van der Waals surface area contributed by atoms with Gasteiger partial charge in [0.25, 0.3) is 11.8 Å². The van der Waals surface area contributed by atoms with E-state index in [0.717, 1.165) is 30.1 Å². The summed E-state index contributed by atoms with van der Waals surface area (Å²) in [5, 5.41) is 8.21. The quantitative estimate of drug-likeness (QED) is 0.250. The highest BCUT2D eigenvalue weighted by Gasteiger charge is 2.31. The van der Waals surface area contributed by atoms with Gasteiger partial charge in [-0.2, -0.15) is 26.3 Å². The van der Waals surface area contributed by atoms with E-state index < -0.39 is 37.3 Å². The Morgan fingerprint density at radius 1 is 1.09 bits per heavy atom. The zero-order chi connectivity index (χ0) is 32.9. The summed E-state index contributed by atoms with van der Waals surface area (Å²) >= 11 is 0. The molecule has 9 nitrogen and oxygen atoms in total. The fourth-order valence-electron chi connectivity index (χ4n) is 5.06. The number of benzene rings is 2. The lowest BCUT2D eigenvalue weighted by Crippen LogP contribution is -2.48. The van der Waals surface area contributed by atoms with Crippen molar-refractivity contribution in [1.82, 2.24) is 25.1 Å². The molecule has 45 heavy (non-hydrogen) atoms. The second kappa shape index (κ2) is 13.7. The summed E-state index contributed by atoms with van der Waals surface area (Å²) < 4.78 is 84.1. The Morgan fingerprint density at radius 3 is 2.51 bits per heavy atom. The van der Waals surface area contributed by atoms with E-state index in [9.17, 15) is 35.9 Å². The minimum Gasteiger partial charge on any atom is -0.482 e. The number of piperidine rings is 1. The lowest BCUT2D eigenvalue weighted by Gasteiger charge is -2.35. The zero-order valence-electron chi connectivity index (χ0n) is 24.7. The summed E-state index contributed by atoms with van der Waals surface area (Å²) in [5.74, 6) is 4.50. The van der Waals surface area contributed by atoms with Gasteiger partial charge in [0.1, 0.15) is 17.8 Å². The second-order valence-corrected chi connectivity index (χ2v) is 10.8. The molecule has 0 radical (unpaired) electrons. The Kier molecular flexibility index (Phi) is 10.2. The number of halogens is 6. The number of imidazole rings is 1. The molecule has 1 saturated heterocycles. The minimum atomic E-state index is -4.62. The largest absolute Gasteiger partial charge is 0.482 e. The van der Waals surface area contributed by atoms with Crippen molar-refractivity contribution in [3.8, 4) is 17.6 Å². The fourth-order valence-corrected chi connectivity index (χ4v) is 5.06. The van der Waals surface area contributed by atoms with Gasteiger partial charge in [0, 0.05) is 30.8 Å². The molecule has 0 bridgehead atoms. The first-order chi connectivity index (χ1) is 21.1. The van der Waals surface area contributed by atoms with Crippen LogP contribution in [-0.4, -0.2) is 85.0 Å². The third kappa shape index (κ3) is 9.04. The van der Waals surface area contributed by atoms with Gasteiger partial charge in [-0.05, 0) is 56.3 Å². The molecule has 0 unspecified atom stereocenters. The molecule has 1 aromatic heterocycles. The molecule has 3 aromatic rings. The van der Waals surface area contributed by atoms with Gasteiger partial charge in [-0.1, -0.05) is 18.8 Å². The standard InChI is InChI=1S/C30H32F6N6O3/c1-18-14-41(3)10-8-22(18)40-28(44)21-11-19(12-24-26(21)39-17-42(24)15-29(31,32)33)5-4-9-38-23-7-6-20(27(43)37-2)13-25(23)45-16-30(34,35)36/h6-7,11-13,17-18,22,38H,8-10,14-16H2,1-3H3,(H,37,43)(H,40,44)/t18-,22-/m0/s1. The second-order valence-electron chi connectivity index (χ2n) is 10.8. The Bertz CT molecular complexity index is 1610.